The molecule has 3 aromatic rings. The Morgan fingerprint density at radius 3 is 2.42 bits per heavy atom. The van der Waals surface area contributed by atoms with Crippen LogP contribution < -0.4 is 10.0 Å². The molecule has 0 aliphatic carbocycles. The van der Waals surface area contributed by atoms with Gasteiger partial charge in [0.15, 0.2) is 10.8 Å². The summed E-state index contributed by atoms with van der Waals surface area (Å²) < 4.78 is 34.0. The highest BCUT2D eigenvalue weighted by atomic mass is 32.2. The first-order valence-corrected chi connectivity index (χ1v) is 12.1. The number of sulfonamides is 1. The molecular formula is C23H24N4O4S2. The summed E-state index contributed by atoms with van der Waals surface area (Å²) >= 11 is 4.97. The Labute approximate surface area is 198 Å². The smallest absolute Gasteiger partial charge is 0.358 e. The number of nitrogens with one attached hydrogen (secondary N) is 2. The predicted molar refractivity (Wildman–Crippen MR) is 131 cm³/mol. The van der Waals surface area contributed by atoms with Gasteiger partial charge < -0.3 is 10.1 Å². The van der Waals surface area contributed by atoms with Crippen LogP contribution in [0.5, 0.6) is 0 Å². The molecule has 3 rings (SSSR count). The van der Waals surface area contributed by atoms with Crippen LogP contribution >= 0.6 is 12.2 Å². The molecule has 0 saturated heterocycles. The standard InChI is InChI=1S/C23H24N4O4S2/c1-3-24-23(32)26-33(29,30)20-14-12-18(13-15-20)27-19(11-10-17-8-6-5-7-9-17)16-21(25-27)22(28)31-4-2/h5-16H,3-4H2,1-2H3,(H2,24,26,32)/b11-10+. The van der Waals surface area contributed by atoms with Gasteiger partial charge in [-0.2, -0.15) is 5.10 Å². The average molecular weight is 485 g/mol. The van der Waals surface area contributed by atoms with E-state index in [1.54, 1.807) is 29.8 Å². The van der Waals surface area contributed by atoms with Crippen LogP contribution in [0.15, 0.2) is 65.6 Å². The molecule has 0 atom stereocenters. The summed E-state index contributed by atoms with van der Waals surface area (Å²) in [7, 11) is -3.82. The van der Waals surface area contributed by atoms with E-state index in [2.05, 4.69) is 15.1 Å². The van der Waals surface area contributed by atoms with E-state index in [0.29, 0.717) is 17.9 Å². The summed E-state index contributed by atoms with van der Waals surface area (Å²) in [5.74, 6) is -0.536. The average Bonchev–Trinajstić information content (AvgIpc) is 3.23. The lowest BCUT2D eigenvalue weighted by atomic mass is 10.2. The van der Waals surface area contributed by atoms with Crippen molar-refractivity contribution in [1.82, 2.24) is 19.8 Å². The molecule has 33 heavy (non-hydrogen) atoms. The van der Waals surface area contributed by atoms with Gasteiger partial charge in [-0.3, -0.25) is 4.72 Å². The zero-order chi connectivity index (χ0) is 23.8. The van der Waals surface area contributed by atoms with Crippen LogP contribution in [0.3, 0.4) is 0 Å². The molecule has 0 unspecified atom stereocenters. The number of aromatic nitrogens is 2. The van der Waals surface area contributed by atoms with Crippen molar-refractivity contribution in [2.45, 2.75) is 18.7 Å². The number of esters is 1. The fraction of sp³-hybridized carbons (Fsp3) is 0.174. The topological polar surface area (TPSA) is 102 Å². The number of carbonyl (C=O) groups excluding carboxylic acids is 1. The number of rotatable bonds is 8. The number of ether oxygens (including phenoxy) is 1. The first kappa shape index (κ1) is 24.1. The van der Waals surface area contributed by atoms with E-state index in [1.807, 2.05) is 49.4 Å². The molecule has 0 amide bonds. The lowest BCUT2D eigenvalue weighted by Crippen LogP contribution is -2.38. The van der Waals surface area contributed by atoms with Crippen molar-refractivity contribution in [2.75, 3.05) is 13.2 Å². The third-order valence-corrected chi connectivity index (χ3v) is 6.16. The Bertz CT molecular complexity index is 1250. The first-order valence-electron chi connectivity index (χ1n) is 10.3. The van der Waals surface area contributed by atoms with E-state index in [-0.39, 0.29) is 22.3 Å². The van der Waals surface area contributed by atoms with E-state index in [9.17, 15) is 13.2 Å². The van der Waals surface area contributed by atoms with E-state index in [4.69, 9.17) is 17.0 Å². The molecule has 1 heterocycles. The zero-order valence-corrected chi connectivity index (χ0v) is 19.8. The van der Waals surface area contributed by atoms with Crippen LogP contribution in [0.1, 0.15) is 35.6 Å². The van der Waals surface area contributed by atoms with Gasteiger partial charge in [0.25, 0.3) is 10.0 Å². The van der Waals surface area contributed by atoms with Gasteiger partial charge in [0.2, 0.25) is 0 Å². The van der Waals surface area contributed by atoms with Gasteiger partial charge in [-0.1, -0.05) is 36.4 Å². The second-order valence-corrected chi connectivity index (χ2v) is 8.88. The van der Waals surface area contributed by atoms with Crippen molar-refractivity contribution in [3.8, 4) is 5.69 Å². The van der Waals surface area contributed by atoms with Gasteiger partial charge in [-0.25, -0.2) is 17.9 Å². The van der Waals surface area contributed by atoms with E-state index in [0.717, 1.165) is 5.56 Å². The van der Waals surface area contributed by atoms with E-state index >= 15 is 0 Å². The number of thiocarbonyl (C=S) groups is 1. The minimum atomic E-state index is -3.82. The molecule has 0 spiro atoms. The molecule has 0 radical (unpaired) electrons. The largest absolute Gasteiger partial charge is 0.461 e. The molecule has 1 aromatic heterocycles. The molecule has 2 N–H and O–H groups in total. The Morgan fingerprint density at radius 1 is 1.09 bits per heavy atom. The number of carbonyl (C=O) groups is 1. The van der Waals surface area contributed by atoms with Gasteiger partial charge in [0, 0.05) is 6.54 Å². The maximum absolute atomic E-state index is 12.5. The molecule has 2 aromatic carbocycles. The summed E-state index contributed by atoms with van der Waals surface area (Å²) in [6, 6.07) is 17.4. The molecule has 8 nitrogen and oxygen atoms in total. The van der Waals surface area contributed by atoms with Crippen molar-refractivity contribution in [3.05, 3.63) is 77.6 Å². The lowest BCUT2D eigenvalue weighted by Gasteiger charge is -2.11. The molecule has 0 aliphatic rings. The van der Waals surface area contributed by atoms with Crippen molar-refractivity contribution in [1.29, 1.82) is 0 Å². The second-order valence-electron chi connectivity index (χ2n) is 6.79. The van der Waals surface area contributed by atoms with Crippen LogP contribution in [-0.4, -0.2) is 42.4 Å². The highest BCUT2D eigenvalue weighted by Crippen LogP contribution is 2.19. The van der Waals surface area contributed by atoms with E-state index < -0.39 is 16.0 Å². The van der Waals surface area contributed by atoms with Crippen LogP contribution in [0.4, 0.5) is 0 Å². The second kappa shape index (κ2) is 10.9. The first-order chi connectivity index (χ1) is 15.8. The monoisotopic (exact) mass is 484 g/mol. The predicted octanol–water partition coefficient (Wildman–Crippen LogP) is 3.39. The Morgan fingerprint density at radius 2 is 1.79 bits per heavy atom. The summed E-state index contributed by atoms with van der Waals surface area (Å²) in [4.78, 5) is 12.3. The van der Waals surface area contributed by atoms with Crippen molar-refractivity contribution >= 4 is 45.5 Å². The van der Waals surface area contributed by atoms with E-state index in [1.165, 1.54) is 12.1 Å². The minimum Gasteiger partial charge on any atom is -0.461 e. The van der Waals surface area contributed by atoms with Crippen molar-refractivity contribution in [2.24, 2.45) is 0 Å². The number of hydrogen-bond acceptors (Lipinski definition) is 6. The number of nitrogens with zero attached hydrogens (tertiary/aromatic N) is 2. The minimum absolute atomic E-state index is 0.0288. The quantitative estimate of drug-likeness (QED) is 0.373. The zero-order valence-electron chi connectivity index (χ0n) is 18.2. The SMILES string of the molecule is CCNC(=S)NS(=O)(=O)c1ccc(-n2nc(C(=O)OCC)cc2/C=C/c2ccccc2)cc1. The molecular weight excluding hydrogens is 460 g/mol. The number of benzene rings is 2. The normalized spacial score (nSPS) is 11.3. The summed E-state index contributed by atoms with van der Waals surface area (Å²) in [6.45, 7) is 4.27. The molecule has 0 fully saturated rings. The summed E-state index contributed by atoms with van der Waals surface area (Å²) in [5.41, 5.74) is 2.33. The molecule has 0 aliphatic heterocycles. The third kappa shape index (κ3) is 6.27. The molecule has 0 saturated carbocycles. The van der Waals surface area contributed by atoms with Crippen LogP contribution in [0.2, 0.25) is 0 Å². The molecule has 0 bridgehead atoms. The maximum atomic E-state index is 12.5. The van der Waals surface area contributed by atoms with Gasteiger partial charge in [0.05, 0.1) is 22.9 Å². The fourth-order valence-corrected chi connectivity index (χ4v) is 4.32. The summed E-state index contributed by atoms with van der Waals surface area (Å²) in [5, 5.41) is 7.14. The highest BCUT2D eigenvalue weighted by Gasteiger charge is 2.18. The number of hydrogen-bond donors (Lipinski definition) is 2. The van der Waals surface area contributed by atoms with Gasteiger partial charge >= 0.3 is 5.97 Å². The van der Waals surface area contributed by atoms with Gasteiger partial charge in [-0.15, -0.1) is 0 Å². The van der Waals surface area contributed by atoms with Crippen LogP contribution in [0.25, 0.3) is 17.8 Å². The lowest BCUT2D eigenvalue weighted by molar-refractivity contribution is 0.0519. The fourth-order valence-electron chi connectivity index (χ4n) is 2.92. The Kier molecular flexibility index (Phi) is 7.96. The molecule has 10 heteroatoms. The maximum Gasteiger partial charge on any atom is 0.358 e. The van der Waals surface area contributed by atoms with Gasteiger partial charge in [-0.05, 0) is 68.0 Å². The van der Waals surface area contributed by atoms with Gasteiger partial charge in [0.1, 0.15) is 0 Å². The van der Waals surface area contributed by atoms with Crippen molar-refractivity contribution < 1.29 is 17.9 Å². The van der Waals surface area contributed by atoms with Crippen LogP contribution in [-0.2, 0) is 14.8 Å². The third-order valence-electron chi connectivity index (χ3n) is 4.42. The summed E-state index contributed by atoms with van der Waals surface area (Å²) in [6.07, 6.45) is 3.72. The Hall–Kier alpha value is -3.50. The van der Waals surface area contributed by atoms with Crippen molar-refractivity contribution in [3.63, 3.8) is 0 Å². The Balaban J connectivity index is 1.94. The van der Waals surface area contributed by atoms with Crippen LogP contribution in [0, 0.1) is 0 Å². The highest BCUT2D eigenvalue weighted by molar-refractivity contribution is 7.91. The molecule has 172 valence electrons.